The van der Waals surface area contributed by atoms with Gasteiger partial charge in [-0.1, -0.05) is 34.1 Å². The van der Waals surface area contributed by atoms with E-state index in [1.807, 2.05) is 24.3 Å². The highest BCUT2D eigenvalue weighted by Crippen LogP contribution is 2.51. The molecule has 1 aliphatic carbocycles. The van der Waals surface area contributed by atoms with Gasteiger partial charge in [0, 0.05) is 22.7 Å². The quantitative estimate of drug-likeness (QED) is 0.719. The van der Waals surface area contributed by atoms with Gasteiger partial charge in [-0.05, 0) is 30.9 Å². The van der Waals surface area contributed by atoms with Crippen molar-refractivity contribution in [1.29, 1.82) is 0 Å². The maximum Gasteiger partial charge on any atom is 0.324 e. The van der Waals surface area contributed by atoms with E-state index in [1.165, 1.54) is 4.90 Å². The molecule has 1 atom stereocenters. The molecule has 1 aliphatic heterocycles. The number of halogens is 1. The summed E-state index contributed by atoms with van der Waals surface area (Å²) >= 11 is 3.54. The fourth-order valence-corrected chi connectivity index (χ4v) is 4.48. The lowest BCUT2D eigenvalue weighted by atomic mass is 9.95. The van der Waals surface area contributed by atoms with E-state index >= 15 is 0 Å². The van der Waals surface area contributed by atoms with Crippen LogP contribution in [-0.2, 0) is 20.0 Å². The number of benzene rings is 1. The molecule has 24 heavy (non-hydrogen) atoms. The molecule has 0 radical (unpaired) electrons. The smallest absolute Gasteiger partial charge is 0.324 e. The minimum absolute atomic E-state index is 0.113. The molecule has 0 bridgehead atoms. The summed E-state index contributed by atoms with van der Waals surface area (Å²) in [7, 11) is -3.17. The van der Waals surface area contributed by atoms with E-state index in [9.17, 15) is 18.0 Å². The van der Waals surface area contributed by atoms with Gasteiger partial charge in [0.1, 0.15) is 15.9 Å². The minimum Gasteiger partial charge on any atom is -0.326 e. The van der Waals surface area contributed by atoms with Crippen molar-refractivity contribution in [3.05, 3.63) is 34.3 Å². The number of rotatable bonds is 6. The summed E-state index contributed by atoms with van der Waals surface area (Å²) in [6, 6.07) is 6.66. The Morgan fingerprint density at radius 2 is 1.96 bits per heavy atom. The van der Waals surface area contributed by atoms with Crippen LogP contribution in [0.15, 0.2) is 28.7 Å². The van der Waals surface area contributed by atoms with Gasteiger partial charge in [0.2, 0.25) is 0 Å². The van der Waals surface area contributed by atoms with E-state index in [-0.39, 0.29) is 23.5 Å². The molecular formula is C16H19BrN2O4S. The Morgan fingerprint density at radius 1 is 1.29 bits per heavy atom. The highest BCUT2D eigenvalue weighted by molar-refractivity contribution is 9.10. The van der Waals surface area contributed by atoms with E-state index in [0.29, 0.717) is 6.54 Å². The Morgan fingerprint density at radius 3 is 2.54 bits per heavy atom. The van der Waals surface area contributed by atoms with Gasteiger partial charge in [0.15, 0.2) is 0 Å². The molecule has 0 spiro atoms. The van der Waals surface area contributed by atoms with Gasteiger partial charge in [-0.25, -0.2) is 13.2 Å². The first-order valence-electron chi connectivity index (χ1n) is 7.76. The summed E-state index contributed by atoms with van der Waals surface area (Å²) in [6.07, 6.45) is 3.07. The predicted octanol–water partition coefficient (Wildman–Crippen LogP) is 1.84. The lowest BCUT2D eigenvalue weighted by Gasteiger charge is -2.22. The van der Waals surface area contributed by atoms with Crippen LogP contribution >= 0.6 is 15.9 Å². The molecule has 1 saturated carbocycles. The van der Waals surface area contributed by atoms with Crippen molar-refractivity contribution in [3.63, 3.8) is 0 Å². The topological polar surface area (TPSA) is 83.6 Å². The molecular weight excluding hydrogens is 396 g/mol. The second kappa shape index (κ2) is 6.15. The van der Waals surface area contributed by atoms with Gasteiger partial charge in [-0.15, -0.1) is 0 Å². The average Bonchev–Trinajstić information content (AvgIpc) is 3.23. The van der Waals surface area contributed by atoms with Crippen molar-refractivity contribution >= 4 is 37.7 Å². The van der Waals surface area contributed by atoms with Gasteiger partial charge in [0.05, 0.1) is 5.75 Å². The Bertz CT molecular complexity index is 789. The molecule has 1 saturated heterocycles. The van der Waals surface area contributed by atoms with Crippen LogP contribution in [0.5, 0.6) is 0 Å². The molecule has 3 rings (SSSR count). The molecule has 1 N–H and O–H groups in total. The van der Waals surface area contributed by atoms with Gasteiger partial charge < -0.3 is 5.32 Å². The number of hydrogen-bond acceptors (Lipinski definition) is 4. The number of nitrogens with one attached hydrogen (secondary N) is 1. The maximum absolute atomic E-state index is 12.5. The summed E-state index contributed by atoms with van der Waals surface area (Å²) in [4.78, 5) is 25.9. The average molecular weight is 415 g/mol. The monoisotopic (exact) mass is 414 g/mol. The molecule has 2 fully saturated rings. The second-order valence-corrected chi connectivity index (χ2v) is 9.72. The summed E-state index contributed by atoms with van der Waals surface area (Å²) in [5, 5.41) is 2.60. The SMILES string of the molecule is CS(=O)(=O)CC[C@@H]1NC(=O)N(CC2(c3ccccc3Br)CC2)C1=O. The number of carbonyl (C=O) groups is 2. The first-order chi connectivity index (χ1) is 11.2. The minimum atomic E-state index is -3.17. The largest absolute Gasteiger partial charge is 0.326 e. The Kier molecular flexibility index (Phi) is 4.46. The van der Waals surface area contributed by atoms with Crippen LogP contribution in [0, 0.1) is 0 Å². The number of imide groups is 1. The third-order valence-corrected chi connectivity index (χ3v) is 6.31. The Labute approximate surface area is 149 Å². The number of sulfone groups is 1. The van der Waals surface area contributed by atoms with Gasteiger partial charge in [-0.2, -0.15) is 0 Å². The van der Waals surface area contributed by atoms with Crippen molar-refractivity contribution in [3.8, 4) is 0 Å². The van der Waals surface area contributed by atoms with Crippen LogP contribution in [-0.4, -0.2) is 49.9 Å². The molecule has 1 aromatic carbocycles. The molecule has 8 heteroatoms. The van der Waals surface area contributed by atoms with E-state index in [4.69, 9.17) is 0 Å². The number of carbonyl (C=O) groups excluding carboxylic acids is 2. The summed E-state index contributed by atoms with van der Waals surface area (Å²) in [5.74, 6) is -0.450. The van der Waals surface area contributed by atoms with E-state index in [2.05, 4.69) is 21.2 Å². The Hall–Kier alpha value is -1.41. The zero-order valence-corrected chi connectivity index (χ0v) is 15.7. The van der Waals surface area contributed by atoms with Crippen molar-refractivity contribution in [2.45, 2.75) is 30.7 Å². The van der Waals surface area contributed by atoms with Gasteiger partial charge >= 0.3 is 6.03 Å². The van der Waals surface area contributed by atoms with Crippen molar-refractivity contribution in [2.24, 2.45) is 0 Å². The van der Waals surface area contributed by atoms with Crippen LogP contribution < -0.4 is 5.32 Å². The fraction of sp³-hybridized carbons (Fsp3) is 0.500. The highest BCUT2D eigenvalue weighted by Gasteiger charge is 2.50. The fourth-order valence-electron chi connectivity index (χ4n) is 3.11. The van der Waals surface area contributed by atoms with Crippen molar-refractivity contribution in [1.82, 2.24) is 10.2 Å². The summed E-state index contributed by atoms with van der Waals surface area (Å²) < 4.78 is 23.5. The zero-order valence-electron chi connectivity index (χ0n) is 13.3. The number of urea groups is 1. The van der Waals surface area contributed by atoms with Crippen LogP contribution in [0.25, 0.3) is 0 Å². The number of hydrogen-bond donors (Lipinski definition) is 1. The summed E-state index contributed by atoms with van der Waals surface area (Å²) in [6.45, 7) is 0.329. The molecule has 1 heterocycles. The van der Waals surface area contributed by atoms with Crippen LogP contribution in [0.2, 0.25) is 0 Å². The first kappa shape index (κ1) is 17.4. The number of amides is 3. The Balaban J connectivity index is 1.73. The van der Waals surface area contributed by atoms with E-state index in [1.54, 1.807) is 0 Å². The van der Waals surface area contributed by atoms with E-state index < -0.39 is 21.9 Å². The van der Waals surface area contributed by atoms with Crippen LogP contribution in [0.4, 0.5) is 4.79 Å². The van der Waals surface area contributed by atoms with Crippen LogP contribution in [0.3, 0.4) is 0 Å². The van der Waals surface area contributed by atoms with E-state index in [0.717, 1.165) is 29.1 Å². The normalized spacial score (nSPS) is 22.6. The molecule has 0 aromatic heterocycles. The molecule has 0 unspecified atom stereocenters. The van der Waals surface area contributed by atoms with Gasteiger partial charge in [0.25, 0.3) is 5.91 Å². The number of nitrogens with zero attached hydrogens (tertiary/aromatic N) is 1. The molecule has 3 amide bonds. The third-order valence-electron chi connectivity index (χ3n) is 4.64. The molecule has 1 aromatic rings. The third kappa shape index (κ3) is 3.49. The molecule has 2 aliphatic rings. The lowest BCUT2D eigenvalue weighted by molar-refractivity contribution is -0.127. The summed E-state index contributed by atoms with van der Waals surface area (Å²) in [5.41, 5.74) is 0.906. The zero-order chi connectivity index (χ0) is 17.5. The molecule has 130 valence electrons. The second-order valence-electron chi connectivity index (χ2n) is 6.61. The maximum atomic E-state index is 12.5. The first-order valence-corrected chi connectivity index (χ1v) is 10.6. The van der Waals surface area contributed by atoms with Crippen molar-refractivity contribution in [2.75, 3.05) is 18.6 Å². The predicted molar refractivity (Wildman–Crippen MR) is 93.4 cm³/mol. The van der Waals surface area contributed by atoms with Crippen LogP contribution in [0.1, 0.15) is 24.8 Å². The highest BCUT2D eigenvalue weighted by atomic mass is 79.9. The van der Waals surface area contributed by atoms with Gasteiger partial charge in [-0.3, -0.25) is 9.69 Å². The van der Waals surface area contributed by atoms with Crippen molar-refractivity contribution < 1.29 is 18.0 Å². The molecule has 6 nitrogen and oxygen atoms in total. The standard InChI is InChI=1S/C16H19BrN2O4S/c1-24(22,23)9-6-13-14(20)19(15(21)18-13)10-16(7-8-16)11-4-2-3-5-12(11)17/h2-5,13H,6-10H2,1H3,(H,18,21)/t13-/m0/s1. The lowest BCUT2D eigenvalue weighted by Crippen LogP contribution is -2.38.